The van der Waals surface area contributed by atoms with Gasteiger partial charge in [0.2, 0.25) is 0 Å². The number of nitrogens with one attached hydrogen (secondary N) is 1. The number of hydrogen-bond acceptors (Lipinski definition) is 3. The first-order valence-electron chi connectivity index (χ1n) is 4.18. The number of nitrogens with zero attached hydrogens (tertiary/aromatic N) is 2. The van der Waals surface area contributed by atoms with Gasteiger partial charge in [-0.15, -0.1) is 0 Å². The minimum atomic E-state index is 0.673. The van der Waals surface area contributed by atoms with Gasteiger partial charge in [0.15, 0.2) is 0 Å². The van der Waals surface area contributed by atoms with Crippen molar-refractivity contribution in [2.45, 2.75) is 0 Å². The first-order chi connectivity index (χ1) is 6.90. The number of aromatic nitrogens is 2. The zero-order valence-electron chi connectivity index (χ0n) is 7.38. The summed E-state index contributed by atoms with van der Waals surface area (Å²) in [6, 6.07) is 9.75. The van der Waals surface area contributed by atoms with Crippen molar-refractivity contribution in [3.63, 3.8) is 0 Å². The molecule has 2 aromatic rings. The van der Waals surface area contributed by atoms with E-state index in [4.69, 9.17) is 5.21 Å². The van der Waals surface area contributed by atoms with Crippen molar-refractivity contribution in [1.29, 1.82) is 0 Å². The van der Waals surface area contributed by atoms with Gasteiger partial charge in [0, 0.05) is 5.56 Å². The Balaban J connectivity index is 2.34. The van der Waals surface area contributed by atoms with Crippen LogP contribution < -0.4 is 0 Å². The van der Waals surface area contributed by atoms with Gasteiger partial charge in [-0.1, -0.05) is 35.5 Å². The summed E-state index contributed by atoms with van der Waals surface area (Å²) in [5, 5.41) is 11.2. The Hall–Kier alpha value is -2.10. The number of H-pyrrole nitrogens is 1. The molecule has 14 heavy (non-hydrogen) atoms. The molecule has 4 heteroatoms. The molecular formula is C10H9N3O. The predicted molar refractivity (Wildman–Crippen MR) is 53.4 cm³/mol. The van der Waals surface area contributed by atoms with Crippen LogP contribution in [0.15, 0.2) is 41.7 Å². The van der Waals surface area contributed by atoms with E-state index in [-0.39, 0.29) is 0 Å². The van der Waals surface area contributed by atoms with E-state index in [0.717, 1.165) is 11.4 Å². The van der Waals surface area contributed by atoms with E-state index in [1.54, 1.807) is 6.20 Å². The third-order valence-electron chi connectivity index (χ3n) is 1.84. The Morgan fingerprint density at radius 2 is 2.07 bits per heavy atom. The molecule has 0 radical (unpaired) electrons. The number of imidazole rings is 1. The lowest BCUT2D eigenvalue weighted by Crippen LogP contribution is -1.81. The summed E-state index contributed by atoms with van der Waals surface area (Å²) in [6.45, 7) is 0. The third-order valence-corrected chi connectivity index (χ3v) is 1.84. The molecule has 0 amide bonds. The molecule has 0 aliphatic carbocycles. The van der Waals surface area contributed by atoms with Crippen LogP contribution in [0.5, 0.6) is 0 Å². The quantitative estimate of drug-likeness (QED) is 0.428. The fraction of sp³-hybridized carbons (Fsp3) is 0. The fourth-order valence-corrected chi connectivity index (χ4v) is 1.21. The molecule has 0 saturated heterocycles. The minimum absolute atomic E-state index is 0.673. The molecule has 1 aromatic carbocycles. The number of hydrogen-bond donors (Lipinski definition) is 2. The maximum Gasteiger partial charge on any atom is 0.137 e. The standard InChI is InChI=1S/C10H9N3O/c14-12-7-9-6-11-10(13-9)8-4-2-1-3-5-8/h1-7,14H,(H,11,13)/b12-7+. The van der Waals surface area contributed by atoms with Crippen molar-refractivity contribution in [1.82, 2.24) is 9.97 Å². The normalized spacial score (nSPS) is 10.9. The molecule has 2 rings (SSSR count). The van der Waals surface area contributed by atoms with E-state index < -0.39 is 0 Å². The van der Waals surface area contributed by atoms with Crippen molar-refractivity contribution in [3.8, 4) is 11.4 Å². The van der Waals surface area contributed by atoms with E-state index in [1.165, 1.54) is 6.21 Å². The molecule has 0 saturated carbocycles. The number of aromatic amines is 1. The average Bonchev–Trinajstić information content (AvgIpc) is 2.68. The van der Waals surface area contributed by atoms with E-state index in [0.29, 0.717) is 5.69 Å². The second-order valence-corrected chi connectivity index (χ2v) is 2.80. The fourth-order valence-electron chi connectivity index (χ4n) is 1.21. The van der Waals surface area contributed by atoms with Crippen molar-refractivity contribution >= 4 is 6.21 Å². The predicted octanol–water partition coefficient (Wildman–Crippen LogP) is 1.88. The largest absolute Gasteiger partial charge is 0.411 e. The van der Waals surface area contributed by atoms with Crippen molar-refractivity contribution in [2.75, 3.05) is 0 Å². The van der Waals surface area contributed by atoms with Gasteiger partial charge in [0.05, 0.1) is 18.1 Å². The summed E-state index contributed by atoms with van der Waals surface area (Å²) in [4.78, 5) is 7.16. The molecule has 1 heterocycles. The molecular weight excluding hydrogens is 178 g/mol. The van der Waals surface area contributed by atoms with Crippen LogP contribution in [0.25, 0.3) is 11.4 Å². The molecule has 0 aliphatic rings. The Morgan fingerprint density at radius 3 is 2.79 bits per heavy atom. The highest BCUT2D eigenvalue weighted by Crippen LogP contribution is 2.13. The zero-order valence-corrected chi connectivity index (χ0v) is 7.38. The van der Waals surface area contributed by atoms with Gasteiger partial charge in [-0.25, -0.2) is 4.98 Å². The van der Waals surface area contributed by atoms with E-state index >= 15 is 0 Å². The third kappa shape index (κ3) is 1.64. The van der Waals surface area contributed by atoms with Crippen LogP contribution in [0, 0.1) is 0 Å². The number of rotatable bonds is 2. The second-order valence-electron chi connectivity index (χ2n) is 2.80. The van der Waals surface area contributed by atoms with Gasteiger partial charge in [-0.3, -0.25) is 0 Å². The first kappa shape index (κ1) is 8.50. The first-order valence-corrected chi connectivity index (χ1v) is 4.18. The van der Waals surface area contributed by atoms with Crippen LogP contribution in [-0.2, 0) is 0 Å². The van der Waals surface area contributed by atoms with Crippen LogP contribution in [0.2, 0.25) is 0 Å². The Bertz CT molecular complexity index is 434. The highest BCUT2D eigenvalue weighted by molar-refractivity contribution is 5.77. The molecule has 0 fully saturated rings. The Morgan fingerprint density at radius 1 is 1.29 bits per heavy atom. The van der Waals surface area contributed by atoms with E-state index in [9.17, 15) is 0 Å². The van der Waals surface area contributed by atoms with Gasteiger partial charge < -0.3 is 10.2 Å². The summed E-state index contributed by atoms with van der Waals surface area (Å²) >= 11 is 0. The van der Waals surface area contributed by atoms with Crippen molar-refractivity contribution in [3.05, 3.63) is 42.2 Å². The van der Waals surface area contributed by atoms with Crippen LogP contribution in [0.1, 0.15) is 5.69 Å². The lowest BCUT2D eigenvalue weighted by Gasteiger charge is -1.93. The van der Waals surface area contributed by atoms with Gasteiger partial charge in [-0.05, 0) is 0 Å². The maximum absolute atomic E-state index is 8.32. The molecule has 0 spiro atoms. The number of oxime groups is 1. The molecule has 1 aromatic heterocycles. The summed E-state index contributed by atoms with van der Waals surface area (Å²) in [5.74, 6) is 0.764. The highest BCUT2D eigenvalue weighted by atomic mass is 16.4. The van der Waals surface area contributed by atoms with Gasteiger partial charge in [0.25, 0.3) is 0 Å². The lowest BCUT2D eigenvalue weighted by atomic mass is 10.2. The van der Waals surface area contributed by atoms with E-state index in [2.05, 4.69) is 15.1 Å². The average molecular weight is 187 g/mol. The Labute approximate surface area is 80.9 Å². The molecule has 4 nitrogen and oxygen atoms in total. The smallest absolute Gasteiger partial charge is 0.137 e. The molecule has 0 unspecified atom stereocenters. The van der Waals surface area contributed by atoms with Crippen LogP contribution in [-0.4, -0.2) is 21.4 Å². The molecule has 0 bridgehead atoms. The summed E-state index contributed by atoms with van der Waals surface area (Å²) in [6.07, 6.45) is 2.92. The summed E-state index contributed by atoms with van der Waals surface area (Å²) in [7, 11) is 0. The topological polar surface area (TPSA) is 61.3 Å². The molecule has 0 atom stereocenters. The zero-order chi connectivity index (χ0) is 9.80. The van der Waals surface area contributed by atoms with Crippen LogP contribution in [0.4, 0.5) is 0 Å². The van der Waals surface area contributed by atoms with Crippen molar-refractivity contribution in [2.24, 2.45) is 5.16 Å². The second kappa shape index (κ2) is 3.74. The maximum atomic E-state index is 8.32. The van der Waals surface area contributed by atoms with Gasteiger partial charge >= 0.3 is 0 Å². The molecule has 70 valence electrons. The lowest BCUT2D eigenvalue weighted by molar-refractivity contribution is 0.321. The molecule has 0 aliphatic heterocycles. The SMILES string of the molecule is O/N=C/c1cnc(-c2ccccc2)[nH]1. The van der Waals surface area contributed by atoms with Gasteiger partial charge in [-0.2, -0.15) is 0 Å². The van der Waals surface area contributed by atoms with E-state index in [1.807, 2.05) is 30.3 Å². The monoisotopic (exact) mass is 187 g/mol. The number of benzene rings is 1. The summed E-state index contributed by atoms with van der Waals surface area (Å²) < 4.78 is 0. The van der Waals surface area contributed by atoms with Crippen LogP contribution >= 0.6 is 0 Å². The molecule has 2 N–H and O–H groups in total. The highest BCUT2D eigenvalue weighted by Gasteiger charge is 2.00. The minimum Gasteiger partial charge on any atom is -0.411 e. The van der Waals surface area contributed by atoms with Crippen LogP contribution in [0.3, 0.4) is 0 Å². The Kier molecular flexibility index (Phi) is 2.27. The van der Waals surface area contributed by atoms with Crippen molar-refractivity contribution < 1.29 is 5.21 Å². The summed E-state index contributed by atoms with van der Waals surface area (Å²) in [5.41, 5.74) is 1.68. The van der Waals surface area contributed by atoms with Gasteiger partial charge in [0.1, 0.15) is 5.82 Å².